The number of aliphatic hydroxyl groups is 2. The number of allylic oxidation sites excluding steroid dienone is 4. The number of aliphatic hydroxyl groups excluding tert-OH is 2. The number of carbonyl (C=O) groups excluding carboxylic acids is 2. The molecular weight excluding hydrogens is 468 g/mol. The van der Waals surface area contributed by atoms with Crippen LogP contribution in [0, 0.1) is 40.4 Å². The fourth-order valence-electron chi connectivity index (χ4n) is 8.27. The Kier molecular flexibility index (Phi) is 6.39. The van der Waals surface area contributed by atoms with Gasteiger partial charge < -0.3 is 19.7 Å². The van der Waals surface area contributed by atoms with E-state index in [2.05, 4.69) is 39.0 Å². The molecule has 202 valence electrons. The standard InChI is InChI=1S/C31H42O6/c1-7-19-16-31-27(36-6)24(28(35)37-31)26(34)30(5)20(10-8-9-13-29(31,4)15-17(19)2)11-12-21-22(30)14-23(32)18(3)25(21)33/h8-9,11-12,15,18-23,25,32-33H,7,10,13-14,16H2,1-6H3/b9-8+/t18-,19+,20+,21-,22+,23-,25-,29+,30+,31+/m0/s1. The minimum Gasteiger partial charge on any atom is -0.496 e. The summed E-state index contributed by atoms with van der Waals surface area (Å²) in [5.74, 6) is -1.41. The van der Waals surface area contributed by atoms with Crippen LogP contribution in [-0.4, -0.2) is 46.9 Å². The fraction of sp³-hybridized carbons (Fsp3) is 0.677. The predicted octanol–water partition coefficient (Wildman–Crippen LogP) is 4.67. The zero-order valence-corrected chi connectivity index (χ0v) is 23.0. The smallest absolute Gasteiger partial charge is 0.346 e. The Hall–Kier alpha value is -2.18. The molecule has 2 N–H and O–H groups in total. The van der Waals surface area contributed by atoms with E-state index >= 15 is 0 Å². The van der Waals surface area contributed by atoms with Crippen molar-refractivity contribution < 1.29 is 29.3 Å². The average molecular weight is 511 g/mol. The number of rotatable bonds is 2. The van der Waals surface area contributed by atoms with Gasteiger partial charge in [0.2, 0.25) is 0 Å². The molecule has 0 saturated heterocycles. The van der Waals surface area contributed by atoms with Crippen molar-refractivity contribution in [1.29, 1.82) is 0 Å². The van der Waals surface area contributed by atoms with Crippen LogP contribution in [0.15, 0.2) is 47.3 Å². The summed E-state index contributed by atoms with van der Waals surface area (Å²) in [7, 11) is 1.54. The Labute approximate surface area is 220 Å². The van der Waals surface area contributed by atoms with Crippen molar-refractivity contribution in [3.63, 3.8) is 0 Å². The van der Waals surface area contributed by atoms with Crippen molar-refractivity contribution in [2.24, 2.45) is 40.4 Å². The van der Waals surface area contributed by atoms with Crippen LogP contribution in [0.1, 0.15) is 66.7 Å². The second-order valence-corrected chi connectivity index (χ2v) is 12.6. The molecule has 0 radical (unpaired) electrons. The number of Topliss-reactive ketones (excluding diaryl/α,β-unsaturated/α-hetero) is 1. The molecule has 1 saturated carbocycles. The van der Waals surface area contributed by atoms with Crippen LogP contribution in [-0.2, 0) is 19.1 Å². The Morgan fingerprint density at radius 3 is 2.57 bits per heavy atom. The van der Waals surface area contributed by atoms with Gasteiger partial charge in [-0.05, 0) is 50.4 Å². The number of carbonyl (C=O) groups is 2. The minimum absolute atomic E-state index is 0.0163. The normalized spacial score (nSPS) is 48.2. The molecule has 1 heterocycles. The molecule has 37 heavy (non-hydrogen) atoms. The molecule has 0 aromatic rings. The van der Waals surface area contributed by atoms with Gasteiger partial charge in [0.15, 0.2) is 17.1 Å². The summed E-state index contributed by atoms with van der Waals surface area (Å²) in [5, 5.41) is 21.9. The summed E-state index contributed by atoms with van der Waals surface area (Å²) in [6, 6.07) is 0. The first-order valence-electron chi connectivity index (χ1n) is 13.9. The largest absolute Gasteiger partial charge is 0.496 e. The predicted molar refractivity (Wildman–Crippen MR) is 140 cm³/mol. The fourth-order valence-corrected chi connectivity index (χ4v) is 8.27. The maximum atomic E-state index is 14.7. The van der Waals surface area contributed by atoms with Crippen molar-refractivity contribution in [1.82, 2.24) is 0 Å². The Bertz CT molecular complexity index is 1110. The van der Waals surface area contributed by atoms with E-state index < -0.39 is 34.6 Å². The van der Waals surface area contributed by atoms with Gasteiger partial charge in [-0.2, -0.15) is 0 Å². The van der Waals surface area contributed by atoms with Crippen LogP contribution in [0.4, 0.5) is 0 Å². The SMILES string of the molecule is CC[C@@H]1C[C@@]23OC(=O)C(=C2OC)C(=O)[C@@]2(C)[C@@H]4C[C@H](O)[C@H](C)[C@H](O)[C@H]4C=C[C@H]2C/C=C/C[C@]3(C)C=C1C. The molecule has 0 amide bonds. The molecule has 1 fully saturated rings. The summed E-state index contributed by atoms with van der Waals surface area (Å²) >= 11 is 0. The second-order valence-electron chi connectivity index (χ2n) is 12.6. The molecule has 1 spiro atoms. The van der Waals surface area contributed by atoms with E-state index in [-0.39, 0.29) is 40.9 Å². The van der Waals surface area contributed by atoms with E-state index in [0.717, 1.165) is 6.42 Å². The van der Waals surface area contributed by atoms with E-state index in [1.807, 2.05) is 26.0 Å². The number of methoxy groups -OCH3 is 1. The molecule has 10 atom stereocenters. The molecule has 0 aromatic heterocycles. The highest BCUT2D eigenvalue weighted by Crippen LogP contribution is 2.60. The van der Waals surface area contributed by atoms with Gasteiger partial charge in [-0.1, -0.05) is 63.6 Å². The second kappa shape index (κ2) is 8.94. The zero-order chi connectivity index (χ0) is 26.9. The quantitative estimate of drug-likeness (QED) is 0.319. The van der Waals surface area contributed by atoms with E-state index in [0.29, 0.717) is 31.4 Å². The zero-order valence-electron chi connectivity index (χ0n) is 23.0. The van der Waals surface area contributed by atoms with Crippen LogP contribution in [0.3, 0.4) is 0 Å². The van der Waals surface area contributed by atoms with Crippen molar-refractivity contribution in [3.8, 4) is 0 Å². The van der Waals surface area contributed by atoms with E-state index in [9.17, 15) is 19.8 Å². The van der Waals surface area contributed by atoms with Gasteiger partial charge in [-0.3, -0.25) is 4.79 Å². The molecule has 2 bridgehead atoms. The van der Waals surface area contributed by atoms with Crippen molar-refractivity contribution in [2.75, 3.05) is 7.11 Å². The third-order valence-electron chi connectivity index (χ3n) is 10.8. The highest BCUT2D eigenvalue weighted by Gasteiger charge is 2.65. The lowest BCUT2D eigenvalue weighted by molar-refractivity contribution is -0.163. The minimum atomic E-state index is -1.06. The number of ether oxygens (including phenoxy) is 2. The summed E-state index contributed by atoms with van der Waals surface area (Å²) < 4.78 is 12.3. The number of hydrogen-bond acceptors (Lipinski definition) is 6. The number of ketones is 1. The van der Waals surface area contributed by atoms with Crippen LogP contribution >= 0.6 is 0 Å². The first-order chi connectivity index (χ1) is 17.4. The topological polar surface area (TPSA) is 93.1 Å². The summed E-state index contributed by atoms with van der Waals surface area (Å²) in [5.41, 5.74) is -1.35. The van der Waals surface area contributed by atoms with Crippen LogP contribution in [0.2, 0.25) is 0 Å². The highest BCUT2D eigenvalue weighted by molar-refractivity contribution is 6.21. The molecule has 4 aliphatic carbocycles. The maximum Gasteiger partial charge on any atom is 0.346 e. The third kappa shape index (κ3) is 3.51. The van der Waals surface area contributed by atoms with Crippen molar-refractivity contribution in [3.05, 3.63) is 47.3 Å². The Morgan fingerprint density at radius 1 is 1.16 bits per heavy atom. The lowest BCUT2D eigenvalue weighted by atomic mass is 9.51. The average Bonchev–Trinajstić information content (AvgIpc) is 3.15. The van der Waals surface area contributed by atoms with E-state index in [1.165, 1.54) is 12.7 Å². The lowest BCUT2D eigenvalue weighted by Crippen LogP contribution is -2.56. The molecule has 0 unspecified atom stereocenters. The Balaban J connectivity index is 1.73. The Morgan fingerprint density at radius 2 is 1.89 bits per heavy atom. The number of hydrogen-bond donors (Lipinski definition) is 2. The highest BCUT2D eigenvalue weighted by atomic mass is 16.6. The van der Waals surface area contributed by atoms with Gasteiger partial charge >= 0.3 is 5.97 Å². The van der Waals surface area contributed by atoms with Gasteiger partial charge in [0.1, 0.15) is 5.57 Å². The maximum absolute atomic E-state index is 14.7. The third-order valence-corrected chi connectivity index (χ3v) is 10.8. The molecule has 5 aliphatic rings. The number of fused-ring (bicyclic) bond motifs is 3. The van der Waals surface area contributed by atoms with Crippen LogP contribution in [0.5, 0.6) is 0 Å². The molecule has 6 nitrogen and oxygen atoms in total. The van der Waals surface area contributed by atoms with E-state index in [1.54, 1.807) is 0 Å². The molecule has 0 aromatic carbocycles. The first-order valence-corrected chi connectivity index (χ1v) is 13.9. The summed E-state index contributed by atoms with van der Waals surface area (Å²) in [6.07, 6.45) is 12.3. The van der Waals surface area contributed by atoms with Gasteiger partial charge in [-0.25, -0.2) is 4.79 Å². The first kappa shape index (κ1) is 26.4. The van der Waals surface area contributed by atoms with E-state index in [4.69, 9.17) is 9.47 Å². The van der Waals surface area contributed by atoms with Crippen LogP contribution < -0.4 is 0 Å². The van der Waals surface area contributed by atoms with Crippen molar-refractivity contribution in [2.45, 2.75) is 84.5 Å². The lowest BCUT2D eigenvalue weighted by Gasteiger charge is -2.53. The van der Waals surface area contributed by atoms with Gasteiger partial charge in [0.25, 0.3) is 0 Å². The molecule has 1 aliphatic heterocycles. The van der Waals surface area contributed by atoms with Crippen LogP contribution in [0.25, 0.3) is 0 Å². The molecule has 5 rings (SSSR count). The summed E-state index contributed by atoms with van der Waals surface area (Å²) in [6.45, 7) is 10.1. The van der Waals surface area contributed by atoms with Crippen molar-refractivity contribution >= 4 is 11.8 Å². The summed E-state index contributed by atoms with van der Waals surface area (Å²) in [4.78, 5) is 28.5. The monoisotopic (exact) mass is 510 g/mol. The number of esters is 1. The van der Waals surface area contributed by atoms with Gasteiger partial charge in [-0.15, -0.1) is 0 Å². The van der Waals surface area contributed by atoms with Gasteiger partial charge in [0, 0.05) is 29.1 Å². The molecule has 6 heteroatoms. The van der Waals surface area contributed by atoms with Gasteiger partial charge in [0.05, 0.1) is 19.3 Å². The molecular formula is C31H42O6.